The van der Waals surface area contributed by atoms with Gasteiger partial charge in [-0.15, -0.1) is 0 Å². The van der Waals surface area contributed by atoms with E-state index in [9.17, 15) is 4.79 Å². The summed E-state index contributed by atoms with van der Waals surface area (Å²) in [6, 6.07) is 0. The van der Waals surface area contributed by atoms with Crippen LogP contribution in [0.15, 0.2) is 0 Å². The van der Waals surface area contributed by atoms with Crippen molar-refractivity contribution in [1.82, 2.24) is 9.80 Å². The fourth-order valence-electron chi connectivity index (χ4n) is 1.86. The summed E-state index contributed by atoms with van der Waals surface area (Å²) in [7, 11) is 1.33. The monoisotopic (exact) mass is 274 g/mol. The number of carbonyl (C=O) groups is 1. The molecule has 0 radical (unpaired) electrons. The fraction of sp³-hybridized carbons (Fsp3) is 0.929. The Hall–Kier alpha value is -0.810. The molecule has 0 aromatic rings. The van der Waals surface area contributed by atoms with Gasteiger partial charge in [0.1, 0.15) is 6.61 Å². The van der Waals surface area contributed by atoms with Gasteiger partial charge in [-0.2, -0.15) is 0 Å². The molecule has 19 heavy (non-hydrogen) atoms. The highest BCUT2D eigenvalue weighted by molar-refractivity contribution is 5.59. The van der Waals surface area contributed by atoms with Crippen LogP contribution in [0.3, 0.4) is 0 Å². The van der Waals surface area contributed by atoms with Crippen molar-refractivity contribution in [2.45, 2.75) is 33.6 Å². The first-order valence-corrected chi connectivity index (χ1v) is 7.33. The van der Waals surface area contributed by atoms with Crippen molar-refractivity contribution in [3.63, 3.8) is 0 Å². The smallest absolute Gasteiger partial charge is 0.438 e. The van der Waals surface area contributed by atoms with Crippen molar-refractivity contribution in [3.05, 3.63) is 0 Å². The standard InChI is InChI=1S/C14H30N2O3/c1-5-8-9-16(11-10-15(6-2)7-3)12-13-19-14(17)18-4/h5-13H2,1-4H3. The molecule has 0 saturated heterocycles. The summed E-state index contributed by atoms with van der Waals surface area (Å²) in [5.74, 6) is 0. The summed E-state index contributed by atoms with van der Waals surface area (Å²) in [4.78, 5) is 15.6. The van der Waals surface area contributed by atoms with Gasteiger partial charge in [-0.1, -0.05) is 27.2 Å². The van der Waals surface area contributed by atoms with Crippen molar-refractivity contribution >= 4 is 6.16 Å². The van der Waals surface area contributed by atoms with Gasteiger partial charge in [0, 0.05) is 19.6 Å². The number of carbonyl (C=O) groups excluding carboxylic acids is 1. The van der Waals surface area contributed by atoms with Crippen LogP contribution in [-0.2, 0) is 9.47 Å². The molecule has 0 aliphatic heterocycles. The Morgan fingerprint density at radius 3 is 2.11 bits per heavy atom. The average molecular weight is 274 g/mol. The number of hydrogen-bond donors (Lipinski definition) is 0. The average Bonchev–Trinajstić information content (AvgIpc) is 2.44. The van der Waals surface area contributed by atoms with Crippen LogP contribution in [0.4, 0.5) is 4.79 Å². The second-order valence-electron chi connectivity index (χ2n) is 4.52. The maximum atomic E-state index is 10.9. The summed E-state index contributed by atoms with van der Waals surface area (Å²) in [5.41, 5.74) is 0. The van der Waals surface area contributed by atoms with E-state index in [1.807, 2.05) is 0 Å². The molecule has 0 saturated carbocycles. The molecule has 114 valence electrons. The summed E-state index contributed by atoms with van der Waals surface area (Å²) in [6.07, 6.45) is 1.76. The van der Waals surface area contributed by atoms with Gasteiger partial charge in [0.2, 0.25) is 0 Å². The first-order valence-electron chi connectivity index (χ1n) is 7.33. The van der Waals surface area contributed by atoms with E-state index in [0.717, 1.165) is 39.3 Å². The van der Waals surface area contributed by atoms with Gasteiger partial charge in [-0.3, -0.25) is 4.90 Å². The van der Waals surface area contributed by atoms with Crippen molar-refractivity contribution in [1.29, 1.82) is 0 Å². The predicted octanol–water partition coefficient (Wildman–Crippen LogP) is 2.21. The number of rotatable bonds is 11. The first-order chi connectivity index (χ1) is 9.17. The molecule has 0 heterocycles. The van der Waals surface area contributed by atoms with Gasteiger partial charge in [-0.05, 0) is 26.1 Å². The number of likely N-dealkylation sites (N-methyl/N-ethyl adjacent to an activating group) is 1. The molecule has 0 fully saturated rings. The number of unbranched alkanes of at least 4 members (excludes halogenated alkanes) is 1. The normalized spacial score (nSPS) is 11.1. The lowest BCUT2D eigenvalue weighted by atomic mass is 10.3. The quantitative estimate of drug-likeness (QED) is 0.540. The Morgan fingerprint density at radius 2 is 1.58 bits per heavy atom. The first kappa shape index (κ1) is 18.2. The molecule has 5 nitrogen and oxygen atoms in total. The van der Waals surface area contributed by atoms with E-state index in [4.69, 9.17) is 4.74 Å². The van der Waals surface area contributed by atoms with Gasteiger partial charge in [-0.25, -0.2) is 4.79 Å². The van der Waals surface area contributed by atoms with Gasteiger partial charge < -0.3 is 14.4 Å². The largest absolute Gasteiger partial charge is 0.508 e. The molecule has 0 unspecified atom stereocenters. The lowest BCUT2D eigenvalue weighted by Gasteiger charge is -2.26. The lowest BCUT2D eigenvalue weighted by molar-refractivity contribution is 0.0623. The van der Waals surface area contributed by atoms with E-state index in [1.54, 1.807) is 0 Å². The van der Waals surface area contributed by atoms with E-state index in [2.05, 4.69) is 35.3 Å². The zero-order valence-electron chi connectivity index (χ0n) is 13.0. The van der Waals surface area contributed by atoms with Crippen molar-refractivity contribution in [2.75, 3.05) is 53.0 Å². The van der Waals surface area contributed by atoms with E-state index in [0.29, 0.717) is 6.61 Å². The van der Waals surface area contributed by atoms with E-state index in [1.165, 1.54) is 20.0 Å². The van der Waals surface area contributed by atoms with Gasteiger partial charge >= 0.3 is 6.16 Å². The Kier molecular flexibility index (Phi) is 11.7. The minimum absolute atomic E-state index is 0.397. The molecule has 5 heteroatoms. The highest BCUT2D eigenvalue weighted by Gasteiger charge is 2.08. The van der Waals surface area contributed by atoms with Gasteiger partial charge in [0.15, 0.2) is 0 Å². The third-order valence-electron chi connectivity index (χ3n) is 3.25. The Balaban J connectivity index is 3.96. The number of methoxy groups -OCH3 is 1. The zero-order chi connectivity index (χ0) is 14.5. The minimum Gasteiger partial charge on any atom is -0.438 e. The van der Waals surface area contributed by atoms with Crippen LogP contribution < -0.4 is 0 Å². The Morgan fingerprint density at radius 1 is 0.947 bits per heavy atom. The van der Waals surface area contributed by atoms with Gasteiger partial charge in [0.25, 0.3) is 0 Å². The Labute approximate surface area is 117 Å². The van der Waals surface area contributed by atoms with E-state index >= 15 is 0 Å². The van der Waals surface area contributed by atoms with Crippen molar-refractivity contribution in [2.24, 2.45) is 0 Å². The molecule has 0 aromatic carbocycles. The maximum Gasteiger partial charge on any atom is 0.508 e. The molecule has 0 aliphatic rings. The zero-order valence-corrected chi connectivity index (χ0v) is 13.0. The predicted molar refractivity (Wildman–Crippen MR) is 77.5 cm³/mol. The molecule has 0 bridgehead atoms. The second-order valence-corrected chi connectivity index (χ2v) is 4.52. The van der Waals surface area contributed by atoms with Crippen molar-refractivity contribution < 1.29 is 14.3 Å². The summed E-state index contributed by atoms with van der Waals surface area (Å²) >= 11 is 0. The fourth-order valence-corrected chi connectivity index (χ4v) is 1.86. The number of hydrogen-bond acceptors (Lipinski definition) is 5. The lowest BCUT2D eigenvalue weighted by Crippen LogP contribution is -2.37. The van der Waals surface area contributed by atoms with Crippen LogP contribution in [0.5, 0.6) is 0 Å². The minimum atomic E-state index is -0.598. The molecule has 0 aromatic heterocycles. The third kappa shape index (κ3) is 9.73. The van der Waals surface area contributed by atoms with Crippen LogP contribution in [0.25, 0.3) is 0 Å². The van der Waals surface area contributed by atoms with Crippen LogP contribution >= 0.6 is 0 Å². The topological polar surface area (TPSA) is 42.0 Å². The molecule has 0 atom stereocenters. The van der Waals surface area contributed by atoms with Crippen LogP contribution in [0.2, 0.25) is 0 Å². The molecule has 0 N–H and O–H groups in total. The highest BCUT2D eigenvalue weighted by atomic mass is 16.7. The molecular weight excluding hydrogens is 244 g/mol. The van der Waals surface area contributed by atoms with Gasteiger partial charge in [0.05, 0.1) is 7.11 Å². The summed E-state index contributed by atoms with van der Waals surface area (Å²) < 4.78 is 9.40. The van der Waals surface area contributed by atoms with Crippen LogP contribution in [-0.4, -0.2) is 68.9 Å². The summed E-state index contributed by atoms with van der Waals surface area (Å²) in [6.45, 7) is 13.0. The molecule has 0 amide bonds. The summed E-state index contributed by atoms with van der Waals surface area (Å²) in [5, 5.41) is 0. The van der Waals surface area contributed by atoms with Crippen LogP contribution in [0, 0.1) is 0 Å². The van der Waals surface area contributed by atoms with Crippen LogP contribution in [0.1, 0.15) is 33.6 Å². The molecule has 0 aliphatic carbocycles. The molecular formula is C14H30N2O3. The maximum absolute atomic E-state index is 10.9. The molecule has 0 rings (SSSR count). The molecule has 0 spiro atoms. The van der Waals surface area contributed by atoms with E-state index in [-0.39, 0.29) is 0 Å². The number of nitrogens with zero attached hydrogens (tertiary/aromatic N) is 2. The number of ether oxygens (including phenoxy) is 2. The van der Waals surface area contributed by atoms with E-state index < -0.39 is 6.16 Å². The van der Waals surface area contributed by atoms with Crippen molar-refractivity contribution in [3.8, 4) is 0 Å². The third-order valence-corrected chi connectivity index (χ3v) is 3.25. The second kappa shape index (κ2) is 12.2. The SMILES string of the molecule is CCCCN(CCOC(=O)OC)CCN(CC)CC. The Bertz CT molecular complexity index is 221. The highest BCUT2D eigenvalue weighted by Crippen LogP contribution is 1.97.